The number of ether oxygens (including phenoxy) is 3. The van der Waals surface area contributed by atoms with Gasteiger partial charge in [-0.1, -0.05) is 6.07 Å². The number of hydrogen-bond donors (Lipinski definition) is 1. The van der Waals surface area contributed by atoms with Crippen molar-refractivity contribution in [3.63, 3.8) is 0 Å². The lowest BCUT2D eigenvalue weighted by molar-refractivity contribution is -0.140. The highest BCUT2D eigenvalue weighted by molar-refractivity contribution is 5.99. The van der Waals surface area contributed by atoms with Crippen LogP contribution >= 0.6 is 0 Å². The highest BCUT2D eigenvalue weighted by Gasteiger charge is 2.40. The number of carbonyl (C=O) groups is 2. The normalized spacial score (nSPS) is 17.4. The Kier molecular flexibility index (Phi) is 5.57. The lowest BCUT2D eigenvalue weighted by Gasteiger charge is -2.28. The third kappa shape index (κ3) is 3.40. The molecule has 7 nitrogen and oxygen atoms in total. The molecule has 2 N–H and O–H groups in total. The van der Waals surface area contributed by atoms with Crippen LogP contribution in [0.5, 0.6) is 0 Å². The first-order chi connectivity index (χ1) is 11.5. The van der Waals surface area contributed by atoms with E-state index in [-0.39, 0.29) is 36.0 Å². The Morgan fingerprint density at radius 2 is 1.83 bits per heavy atom. The Labute approximate surface area is 140 Å². The van der Waals surface area contributed by atoms with E-state index in [0.29, 0.717) is 5.56 Å². The molecule has 0 amide bonds. The van der Waals surface area contributed by atoms with Gasteiger partial charge in [-0.3, -0.25) is 4.98 Å². The molecule has 0 spiro atoms. The van der Waals surface area contributed by atoms with Crippen molar-refractivity contribution in [2.45, 2.75) is 26.7 Å². The molecule has 0 saturated heterocycles. The zero-order chi connectivity index (χ0) is 17.7. The number of nitrogens with zero attached hydrogens (tertiary/aromatic N) is 1. The maximum atomic E-state index is 12.4. The van der Waals surface area contributed by atoms with Crippen LogP contribution in [0.15, 0.2) is 47.3 Å². The fourth-order valence-corrected chi connectivity index (χ4v) is 2.54. The standard InChI is InChI=1S/C17H20N2O5/c1-4-22-16(20)12-10(3)24-15(18)14(17(21)23-5-2)13(12)11-7-6-8-19-9-11/h6-9,13H,4-5,18H2,1-3H3/t13-/m1/s1. The van der Waals surface area contributed by atoms with Crippen molar-refractivity contribution in [3.8, 4) is 0 Å². The molecule has 0 fully saturated rings. The SMILES string of the molecule is CCOC(=O)C1=C(C)OC(N)=C(C(=O)OCC)[C@@H]1c1cccnc1. The van der Waals surface area contributed by atoms with Gasteiger partial charge in [-0.15, -0.1) is 0 Å². The van der Waals surface area contributed by atoms with Crippen LogP contribution < -0.4 is 5.73 Å². The van der Waals surface area contributed by atoms with Gasteiger partial charge in [0.15, 0.2) is 0 Å². The molecule has 0 aromatic carbocycles. The smallest absolute Gasteiger partial charge is 0.340 e. The predicted octanol–water partition coefficient (Wildman–Crippen LogP) is 1.77. The highest BCUT2D eigenvalue weighted by atomic mass is 16.5. The molecular formula is C17H20N2O5. The minimum atomic E-state index is -0.759. The quantitative estimate of drug-likeness (QED) is 0.820. The number of allylic oxidation sites excluding steroid dienone is 1. The van der Waals surface area contributed by atoms with Crippen LogP contribution in [0.25, 0.3) is 0 Å². The predicted molar refractivity (Wildman–Crippen MR) is 85.2 cm³/mol. The number of carbonyl (C=O) groups excluding carboxylic acids is 2. The minimum absolute atomic E-state index is 0.0681. The third-order valence-electron chi connectivity index (χ3n) is 3.49. The average molecular weight is 332 g/mol. The first-order valence-corrected chi connectivity index (χ1v) is 7.63. The molecule has 2 rings (SSSR count). The molecule has 1 aromatic heterocycles. The number of aromatic nitrogens is 1. The van der Waals surface area contributed by atoms with Gasteiger partial charge in [0.25, 0.3) is 0 Å². The fraction of sp³-hybridized carbons (Fsp3) is 0.353. The van der Waals surface area contributed by atoms with E-state index in [4.69, 9.17) is 19.9 Å². The number of nitrogens with two attached hydrogens (primary N) is 1. The van der Waals surface area contributed by atoms with Crippen molar-refractivity contribution >= 4 is 11.9 Å². The Balaban J connectivity index is 2.59. The lowest BCUT2D eigenvalue weighted by Crippen LogP contribution is -2.30. The lowest BCUT2D eigenvalue weighted by atomic mass is 9.83. The number of rotatable bonds is 5. The summed E-state index contributed by atoms with van der Waals surface area (Å²) < 4.78 is 15.6. The van der Waals surface area contributed by atoms with Gasteiger partial charge in [-0.05, 0) is 32.4 Å². The second-order valence-corrected chi connectivity index (χ2v) is 5.01. The second-order valence-electron chi connectivity index (χ2n) is 5.01. The van der Waals surface area contributed by atoms with E-state index in [2.05, 4.69) is 4.98 Å². The second kappa shape index (κ2) is 7.63. The van der Waals surface area contributed by atoms with Crippen LogP contribution in [-0.4, -0.2) is 30.1 Å². The summed E-state index contributed by atoms with van der Waals surface area (Å²) in [6, 6.07) is 3.46. The van der Waals surface area contributed by atoms with E-state index in [0.717, 1.165) is 0 Å². The van der Waals surface area contributed by atoms with Gasteiger partial charge in [-0.25, -0.2) is 9.59 Å². The maximum absolute atomic E-state index is 12.4. The van der Waals surface area contributed by atoms with Crippen LogP contribution in [-0.2, 0) is 23.8 Å². The van der Waals surface area contributed by atoms with Crippen molar-refractivity contribution in [1.82, 2.24) is 4.98 Å². The van der Waals surface area contributed by atoms with Crippen LogP contribution in [0.2, 0.25) is 0 Å². The molecule has 1 aromatic rings. The third-order valence-corrected chi connectivity index (χ3v) is 3.49. The van der Waals surface area contributed by atoms with E-state index in [1.165, 1.54) is 0 Å². The summed E-state index contributed by atoms with van der Waals surface area (Å²) in [6.45, 7) is 5.36. The van der Waals surface area contributed by atoms with Crippen LogP contribution in [0.3, 0.4) is 0 Å². The van der Waals surface area contributed by atoms with Gasteiger partial charge in [0.05, 0.1) is 24.7 Å². The largest absolute Gasteiger partial charge is 0.463 e. The van der Waals surface area contributed by atoms with E-state index in [9.17, 15) is 9.59 Å². The van der Waals surface area contributed by atoms with Gasteiger partial charge in [-0.2, -0.15) is 0 Å². The van der Waals surface area contributed by atoms with Crippen LogP contribution in [0, 0.1) is 0 Å². The molecule has 0 aliphatic carbocycles. The monoisotopic (exact) mass is 332 g/mol. The van der Waals surface area contributed by atoms with Crippen molar-refractivity contribution in [2.24, 2.45) is 5.73 Å². The summed E-state index contributed by atoms with van der Waals surface area (Å²) >= 11 is 0. The van der Waals surface area contributed by atoms with Crippen molar-refractivity contribution in [1.29, 1.82) is 0 Å². The first-order valence-electron chi connectivity index (χ1n) is 7.63. The van der Waals surface area contributed by atoms with Crippen molar-refractivity contribution in [3.05, 3.63) is 52.9 Å². The van der Waals surface area contributed by atoms with Crippen LogP contribution in [0.4, 0.5) is 0 Å². The molecule has 1 aliphatic heterocycles. The Morgan fingerprint density at radius 1 is 1.21 bits per heavy atom. The maximum Gasteiger partial charge on any atom is 0.340 e. The van der Waals surface area contributed by atoms with Gasteiger partial charge in [0.2, 0.25) is 5.88 Å². The molecule has 0 unspecified atom stereocenters. The zero-order valence-corrected chi connectivity index (χ0v) is 13.9. The van der Waals surface area contributed by atoms with E-state index in [1.807, 2.05) is 0 Å². The van der Waals surface area contributed by atoms with Crippen LogP contribution in [0.1, 0.15) is 32.3 Å². The summed E-state index contributed by atoms with van der Waals surface area (Å²) in [4.78, 5) is 28.9. The molecule has 0 bridgehead atoms. The molecule has 0 saturated carbocycles. The van der Waals surface area contributed by atoms with Gasteiger partial charge >= 0.3 is 11.9 Å². The Bertz CT molecular complexity index is 654. The zero-order valence-electron chi connectivity index (χ0n) is 13.9. The van der Waals surface area contributed by atoms with Gasteiger partial charge in [0.1, 0.15) is 11.3 Å². The first kappa shape index (κ1) is 17.5. The Morgan fingerprint density at radius 3 is 2.38 bits per heavy atom. The number of pyridine rings is 1. The number of hydrogen-bond acceptors (Lipinski definition) is 7. The summed E-state index contributed by atoms with van der Waals surface area (Å²) in [5.41, 5.74) is 6.81. The average Bonchev–Trinajstić information content (AvgIpc) is 2.55. The molecule has 0 radical (unpaired) electrons. The van der Waals surface area contributed by atoms with Crippen molar-refractivity contribution in [2.75, 3.05) is 13.2 Å². The molecule has 24 heavy (non-hydrogen) atoms. The topological polar surface area (TPSA) is 101 Å². The highest BCUT2D eigenvalue weighted by Crippen LogP contribution is 2.40. The van der Waals surface area contributed by atoms with Gasteiger partial charge < -0.3 is 19.9 Å². The number of esters is 2. The molecule has 1 atom stereocenters. The van der Waals surface area contributed by atoms with E-state index >= 15 is 0 Å². The van der Waals surface area contributed by atoms with Gasteiger partial charge in [0, 0.05) is 12.4 Å². The van der Waals surface area contributed by atoms with E-state index < -0.39 is 17.9 Å². The van der Waals surface area contributed by atoms with E-state index in [1.54, 1.807) is 45.3 Å². The summed E-state index contributed by atoms with van der Waals surface area (Å²) in [5, 5.41) is 0. The Hall–Kier alpha value is -2.83. The minimum Gasteiger partial charge on any atom is -0.463 e. The summed E-state index contributed by atoms with van der Waals surface area (Å²) in [7, 11) is 0. The molecule has 7 heteroatoms. The fourth-order valence-electron chi connectivity index (χ4n) is 2.54. The van der Waals surface area contributed by atoms with Crippen molar-refractivity contribution < 1.29 is 23.8 Å². The molecule has 1 aliphatic rings. The molecule has 2 heterocycles. The summed E-state index contributed by atoms with van der Waals surface area (Å²) in [5.74, 6) is -1.78. The summed E-state index contributed by atoms with van der Waals surface area (Å²) in [6.07, 6.45) is 3.16. The molecule has 128 valence electrons. The molecular weight excluding hydrogens is 312 g/mol.